The van der Waals surface area contributed by atoms with Crippen molar-refractivity contribution in [3.8, 4) is 47.3 Å². The fourth-order valence-corrected chi connectivity index (χ4v) is 9.81. The van der Waals surface area contributed by atoms with Gasteiger partial charge in [0.05, 0.1) is 43.4 Å². The maximum absolute atomic E-state index is 17.3. The fraction of sp³-hybridized carbons (Fsp3) is 0.500. The van der Waals surface area contributed by atoms with Crippen molar-refractivity contribution in [1.29, 1.82) is 5.26 Å². The first-order chi connectivity index (χ1) is 27.1. The summed E-state index contributed by atoms with van der Waals surface area (Å²) in [6.07, 6.45) is 12.1. The van der Waals surface area contributed by atoms with Crippen LogP contribution in [-0.2, 0) is 0 Å². The van der Waals surface area contributed by atoms with Crippen LogP contribution in [0.5, 0.6) is 17.6 Å². The number of piperidine rings is 1. The first-order valence-corrected chi connectivity index (χ1v) is 19.6. The number of fused-ring (bicyclic) bond motifs is 5. The van der Waals surface area contributed by atoms with Crippen molar-refractivity contribution in [2.75, 3.05) is 51.3 Å². The first kappa shape index (κ1) is 35.0. The molecule has 5 heterocycles. The normalized spacial score (nSPS) is 27.0. The Morgan fingerprint density at radius 2 is 1.80 bits per heavy atom. The molecule has 3 saturated carbocycles. The Labute approximate surface area is 322 Å². The van der Waals surface area contributed by atoms with Gasteiger partial charge in [-0.1, -0.05) is 12.0 Å². The first-order valence-electron chi connectivity index (χ1n) is 19.6. The molecule has 10 rings (SSSR count). The molecule has 6 aliphatic rings. The molecule has 2 aromatic heterocycles. The molecule has 14 heteroatoms. The van der Waals surface area contributed by atoms with E-state index in [1.165, 1.54) is 37.8 Å². The van der Waals surface area contributed by atoms with Crippen molar-refractivity contribution >= 4 is 33.5 Å². The molecule has 2 N–H and O–H groups in total. The number of ether oxygens (including phenoxy) is 2. The SMILES string of the molecule is C#Cc1c(F)ccc2cc(O)cc(-c3nc(OC)c4c(N5CC6CCC(C5)N6C(=O)NC5CC(C#N)C5)nc(OCC5(CN6CC7CC7C6)CC5)nc4c3F)c12. The van der Waals surface area contributed by atoms with E-state index in [4.69, 9.17) is 20.9 Å². The van der Waals surface area contributed by atoms with Gasteiger partial charge in [-0.25, -0.2) is 18.6 Å². The van der Waals surface area contributed by atoms with Crippen molar-refractivity contribution in [1.82, 2.24) is 30.1 Å². The number of aromatic hydroxyl groups is 1. The second-order valence-corrected chi connectivity index (χ2v) is 16.9. The number of piperazine rings is 1. The molecule has 56 heavy (non-hydrogen) atoms. The van der Waals surface area contributed by atoms with Crippen LogP contribution in [0.3, 0.4) is 0 Å². The van der Waals surface area contributed by atoms with E-state index in [1.54, 1.807) is 0 Å². The number of hydrogen-bond acceptors (Lipinski definition) is 10. The zero-order chi connectivity index (χ0) is 38.5. The van der Waals surface area contributed by atoms with Gasteiger partial charge in [-0.2, -0.15) is 15.2 Å². The second-order valence-electron chi connectivity index (χ2n) is 16.9. The van der Waals surface area contributed by atoms with E-state index in [1.807, 2.05) is 9.80 Å². The van der Waals surface area contributed by atoms with Crippen LogP contribution in [0.2, 0.25) is 0 Å². The van der Waals surface area contributed by atoms with Gasteiger partial charge in [0, 0.05) is 55.1 Å². The number of nitrogens with zero attached hydrogens (tertiary/aromatic N) is 7. The van der Waals surface area contributed by atoms with Gasteiger partial charge in [-0.15, -0.1) is 6.42 Å². The highest BCUT2D eigenvalue weighted by Gasteiger charge is 2.51. The van der Waals surface area contributed by atoms with Gasteiger partial charge in [0.1, 0.15) is 34.0 Å². The fourth-order valence-electron chi connectivity index (χ4n) is 9.81. The summed E-state index contributed by atoms with van der Waals surface area (Å²) in [7, 11) is 1.42. The largest absolute Gasteiger partial charge is 0.508 e. The Morgan fingerprint density at radius 3 is 2.48 bits per heavy atom. The number of aromatic nitrogens is 3. The summed E-state index contributed by atoms with van der Waals surface area (Å²) in [6.45, 7) is 4.45. The van der Waals surface area contributed by atoms with Gasteiger partial charge in [0.25, 0.3) is 0 Å². The molecule has 2 amide bonds. The molecule has 4 aromatic rings. The maximum Gasteiger partial charge on any atom is 0.319 e. The van der Waals surface area contributed by atoms with Gasteiger partial charge in [0.15, 0.2) is 5.82 Å². The zero-order valence-electron chi connectivity index (χ0n) is 31.1. The molecule has 3 aliphatic carbocycles. The molecule has 2 bridgehead atoms. The van der Waals surface area contributed by atoms with Crippen molar-refractivity contribution < 1.29 is 28.2 Å². The van der Waals surface area contributed by atoms with Crippen LogP contribution in [0.15, 0.2) is 24.3 Å². The van der Waals surface area contributed by atoms with E-state index in [9.17, 15) is 15.2 Å². The van der Waals surface area contributed by atoms with E-state index < -0.39 is 11.6 Å². The van der Waals surface area contributed by atoms with Gasteiger partial charge in [-0.3, -0.25) is 0 Å². The Morgan fingerprint density at radius 1 is 1.05 bits per heavy atom. The summed E-state index contributed by atoms with van der Waals surface area (Å²) < 4.78 is 44.7. The topological polar surface area (TPSA) is 140 Å². The highest BCUT2D eigenvalue weighted by molar-refractivity contribution is 6.04. The van der Waals surface area contributed by atoms with Crippen LogP contribution in [-0.4, -0.2) is 100 Å². The van der Waals surface area contributed by atoms with E-state index >= 15 is 8.78 Å². The number of hydrogen-bond donors (Lipinski definition) is 2. The number of anilines is 1. The number of benzene rings is 2. The van der Waals surface area contributed by atoms with E-state index in [0.29, 0.717) is 43.7 Å². The number of nitriles is 1. The average molecular weight is 761 g/mol. The molecular formula is C42H42F2N8O4. The van der Waals surface area contributed by atoms with Crippen LogP contribution < -0.4 is 19.7 Å². The Hall–Kier alpha value is -5.47. The van der Waals surface area contributed by atoms with Gasteiger partial charge < -0.3 is 34.6 Å². The Balaban J connectivity index is 1.04. The molecular weight excluding hydrogens is 719 g/mol. The Kier molecular flexibility index (Phi) is 8.15. The number of urea groups is 1. The average Bonchev–Trinajstić information content (AvgIpc) is 4.06. The summed E-state index contributed by atoms with van der Waals surface area (Å²) in [5.41, 5.74) is -0.351. The quantitative estimate of drug-likeness (QED) is 0.208. The number of amides is 2. The summed E-state index contributed by atoms with van der Waals surface area (Å²) in [5.74, 6) is 2.76. The lowest BCUT2D eigenvalue weighted by Crippen LogP contribution is -2.60. The third-order valence-corrected chi connectivity index (χ3v) is 13.1. The van der Waals surface area contributed by atoms with Crippen molar-refractivity contribution in [3.63, 3.8) is 0 Å². The number of terminal acetylenes is 1. The number of halogens is 2. The lowest BCUT2D eigenvalue weighted by atomic mass is 9.81. The molecule has 0 spiro atoms. The number of nitrogens with one attached hydrogen (secondary N) is 1. The predicted octanol–water partition coefficient (Wildman–Crippen LogP) is 5.59. The standard InChI is InChI=1S/C42H42F2N8O4/c1-3-30-32(43)7-4-23-13-29(53)14-31(33(23)30)36-35(44)37-34(39(47-36)55-2)38(49-40(48-37)56-21-42(8-9-42)20-50-16-24-12-25(24)17-50)51-18-27-5-6-28(19-51)52(27)41(54)46-26-10-22(11-26)15-45/h1,4,7,13-14,22,24-28,53H,5-6,8-12,16-21H2,2H3,(H,46,54). The number of phenols is 1. The van der Waals surface area contributed by atoms with Crippen LogP contribution in [0.25, 0.3) is 32.9 Å². The minimum absolute atomic E-state index is 0.00891. The number of carbonyl (C=O) groups excluding carboxylic acids is 1. The van der Waals surface area contributed by atoms with Crippen molar-refractivity contribution in [3.05, 3.63) is 41.5 Å². The van der Waals surface area contributed by atoms with Crippen LogP contribution in [0.4, 0.5) is 19.4 Å². The third-order valence-electron chi connectivity index (χ3n) is 13.1. The molecule has 12 nitrogen and oxygen atoms in total. The van der Waals surface area contributed by atoms with Crippen LogP contribution in [0.1, 0.15) is 50.5 Å². The third kappa shape index (κ3) is 5.88. The van der Waals surface area contributed by atoms with Crippen LogP contribution >= 0.6 is 0 Å². The molecule has 0 radical (unpaired) electrons. The minimum Gasteiger partial charge on any atom is -0.508 e. The lowest BCUT2D eigenvalue weighted by Gasteiger charge is -2.43. The van der Waals surface area contributed by atoms with E-state index in [2.05, 4.69) is 32.2 Å². The number of rotatable bonds is 9. The highest BCUT2D eigenvalue weighted by Crippen LogP contribution is 2.51. The Bertz CT molecular complexity index is 2360. The lowest BCUT2D eigenvalue weighted by molar-refractivity contribution is 0.149. The van der Waals surface area contributed by atoms with Gasteiger partial charge >= 0.3 is 12.0 Å². The number of methoxy groups -OCH3 is 1. The zero-order valence-corrected chi connectivity index (χ0v) is 31.1. The molecule has 3 aliphatic heterocycles. The molecule has 3 saturated heterocycles. The number of pyridine rings is 1. The number of phenolic OH excluding ortho intramolecular Hbond substituents is 1. The summed E-state index contributed by atoms with van der Waals surface area (Å²) in [4.78, 5) is 34.3. The molecule has 288 valence electrons. The maximum atomic E-state index is 17.3. The van der Waals surface area contributed by atoms with E-state index in [0.717, 1.165) is 57.2 Å². The van der Waals surface area contributed by atoms with Crippen molar-refractivity contribution in [2.24, 2.45) is 23.2 Å². The highest BCUT2D eigenvalue weighted by atomic mass is 19.1. The van der Waals surface area contributed by atoms with Crippen LogP contribution in [0, 0.1) is 58.5 Å². The van der Waals surface area contributed by atoms with Gasteiger partial charge in [-0.05, 0) is 80.4 Å². The number of likely N-dealkylation sites (tertiary alicyclic amines) is 1. The number of carbonyl (C=O) groups is 1. The monoisotopic (exact) mass is 760 g/mol. The van der Waals surface area contributed by atoms with Crippen molar-refractivity contribution in [2.45, 2.75) is 63.1 Å². The molecule has 2 aromatic carbocycles. The second kappa shape index (κ2) is 13.1. The predicted molar refractivity (Wildman–Crippen MR) is 203 cm³/mol. The summed E-state index contributed by atoms with van der Waals surface area (Å²) in [6, 6.07) is 7.31. The molecule has 4 unspecified atom stereocenters. The molecule has 4 atom stereocenters. The smallest absolute Gasteiger partial charge is 0.319 e. The molecule has 6 fully saturated rings. The summed E-state index contributed by atoms with van der Waals surface area (Å²) in [5, 5.41) is 23.9. The van der Waals surface area contributed by atoms with E-state index in [-0.39, 0.29) is 86.2 Å². The summed E-state index contributed by atoms with van der Waals surface area (Å²) >= 11 is 0. The minimum atomic E-state index is -0.831. The van der Waals surface area contributed by atoms with Gasteiger partial charge in [0.2, 0.25) is 5.88 Å².